The van der Waals surface area contributed by atoms with Gasteiger partial charge in [0.25, 0.3) is 0 Å². The number of aliphatic carboxylic acids is 1. The zero-order chi connectivity index (χ0) is 30.8. The Balaban J connectivity index is 0.00000101. The van der Waals surface area contributed by atoms with Crippen molar-refractivity contribution in [2.24, 2.45) is 0 Å². The minimum Gasteiger partial charge on any atom is -0.481 e. The Morgan fingerprint density at radius 1 is 1.00 bits per heavy atom. The van der Waals surface area contributed by atoms with Crippen LogP contribution in [-0.2, 0) is 21.2 Å². The third kappa shape index (κ3) is 12.2. The molecule has 1 heterocycles. The van der Waals surface area contributed by atoms with Crippen LogP contribution in [0.3, 0.4) is 0 Å². The summed E-state index contributed by atoms with van der Waals surface area (Å²) in [5, 5.41) is 32.2. The number of benzene rings is 1. The van der Waals surface area contributed by atoms with Crippen molar-refractivity contribution in [1.29, 1.82) is 0 Å². The largest absolute Gasteiger partial charge is 0.481 e. The molecule has 0 saturated heterocycles. The van der Waals surface area contributed by atoms with Crippen LogP contribution >= 0.6 is 0 Å². The summed E-state index contributed by atoms with van der Waals surface area (Å²) in [5.41, 5.74) is 2.21. The van der Waals surface area contributed by atoms with Crippen LogP contribution in [0.15, 0.2) is 24.3 Å². The summed E-state index contributed by atoms with van der Waals surface area (Å²) in [7, 11) is -2.29. The van der Waals surface area contributed by atoms with E-state index in [2.05, 4.69) is 43.0 Å². The van der Waals surface area contributed by atoms with Gasteiger partial charge >= 0.3 is 5.97 Å². The average Bonchev–Trinajstić information content (AvgIpc) is 2.80. The number of aliphatic hydroxyl groups is 2. The maximum Gasteiger partial charge on any atom is 0.305 e. The van der Waals surface area contributed by atoms with Gasteiger partial charge in [-0.3, -0.25) is 4.79 Å². The number of nitrogens with one attached hydrogen (secondary N) is 1. The second kappa shape index (κ2) is 15.9. The number of sulfonamides is 1. The lowest BCUT2D eigenvalue weighted by Crippen LogP contribution is -2.29. The lowest BCUT2D eigenvalue weighted by molar-refractivity contribution is -0.139. The van der Waals surface area contributed by atoms with Crippen molar-refractivity contribution in [1.82, 2.24) is 15.3 Å². The normalized spacial score (nSPS) is 13.2. The van der Waals surface area contributed by atoms with E-state index < -0.39 is 40.4 Å². The topological polar surface area (TPSA) is 153 Å². The molecule has 0 bridgehead atoms. The molecule has 0 aliphatic rings. The van der Waals surface area contributed by atoms with E-state index in [1.54, 1.807) is 0 Å². The number of aromatic nitrogens is 2. The molecule has 0 fully saturated rings. The number of carboxylic acid groups (broad SMARTS) is 1. The van der Waals surface area contributed by atoms with E-state index >= 15 is 0 Å². The zero-order valence-corrected chi connectivity index (χ0v) is 25.5. The minimum absolute atomic E-state index is 0.0262. The number of rotatable bonds is 13. The van der Waals surface area contributed by atoms with E-state index in [1.807, 2.05) is 13.8 Å². The van der Waals surface area contributed by atoms with E-state index in [1.165, 1.54) is 31.3 Å². The van der Waals surface area contributed by atoms with E-state index in [9.17, 15) is 27.8 Å². The van der Waals surface area contributed by atoms with Gasteiger partial charge in [0, 0.05) is 30.3 Å². The standard InChI is InChI=1S/C22H30FN3O6S.C6H15N/c1-13(2)20-18(10-9-16(27)11-17(28)12-19(29)30)21(14-5-7-15(23)8-6-14)25-22(24-20)26(3)33(4,31)32;1-5(2)7-6(3)4/h5-8,13,16-17,27-28H,9-12H2,1-4H3,(H,29,30);5-7H,1-4H3/t16-,17-;/m1./s1. The summed E-state index contributed by atoms with van der Waals surface area (Å²) >= 11 is 0. The average molecular weight is 585 g/mol. The molecule has 0 saturated carbocycles. The first-order valence-corrected chi connectivity index (χ1v) is 15.2. The molecule has 0 amide bonds. The monoisotopic (exact) mass is 584 g/mol. The second-order valence-corrected chi connectivity index (χ2v) is 12.8. The number of nitrogens with zero attached hydrogens (tertiary/aromatic N) is 3. The Morgan fingerprint density at radius 3 is 1.98 bits per heavy atom. The van der Waals surface area contributed by atoms with E-state index in [0.29, 0.717) is 34.6 Å². The van der Waals surface area contributed by atoms with Crippen LogP contribution in [-0.4, -0.2) is 77.3 Å². The van der Waals surface area contributed by atoms with E-state index in [0.717, 1.165) is 10.6 Å². The number of carboxylic acids is 1. The molecule has 1 aromatic carbocycles. The molecule has 0 spiro atoms. The van der Waals surface area contributed by atoms with Crippen LogP contribution in [0.25, 0.3) is 11.3 Å². The molecule has 2 rings (SSSR count). The first kappa shape index (κ1) is 35.4. The van der Waals surface area contributed by atoms with Gasteiger partial charge in [0.05, 0.1) is 36.3 Å². The third-order valence-corrected chi connectivity index (χ3v) is 6.98. The summed E-state index contributed by atoms with van der Waals surface area (Å²) in [6.45, 7) is 12.4. The molecule has 4 N–H and O–H groups in total. The van der Waals surface area contributed by atoms with Crippen LogP contribution in [0.5, 0.6) is 0 Å². The molecule has 0 aliphatic carbocycles. The van der Waals surface area contributed by atoms with Gasteiger partial charge in [-0.2, -0.15) is 0 Å². The summed E-state index contributed by atoms with van der Waals surface area (Å²) in [6, 6.07) is 6.85. The SMILES string of the molecule is CC(C)NC(C)C.CC(C)c1nc(N(C)S(C)(=O)=O)nc(-c2ccc(F)cc2)c1CC[C@@H](O)C[C@@H](O)CC(=O)O. The minimum atomic E-state index is -3.63. The number of halogens is 1. The quantitative estimate of drug-likeness (QED) is 0.276. The molecule has 40 heavy (non-hydrogen) atoms. The van der Waals surface area contributed by atoms with E-state index in [4.69, 9.17) is 5.11 Å². The number of hydrogen-bond donors (Lipinski definition) is 4. The fourth-order valence-electron chi connectivity index (χ4n) is 4.04. The van der Waals surface area contributed by atoms with Crippen molar-refractivity contribution in [3.05, 3.63) is 41.3 Å². The second-order valence-electron chi connectivity index (χ2n) is 10.8. The summed E-state index contributed by atoms with van der Waals surface area (Å²) < 4.78 is 38.7. The molecule has 1 aromatic heterocycles. The van der Waals surface area contributed by atoms with Crippen molar-refractivity contribution in [2.45, 2.75) is 97.4 Å². The lowest BCUT2D eigenvalue weighted by Gasteiger charge is -2.22. The number of hydrogen-bond acceptors (Lipinski definition) is 8. The maximum absolute atomic E-state index is 13.5. The molecule has 0 aliphatic heterocycles. The summed E-state index contributed by atoms with van der Waals surface area (Å²) in [6.07, 6.45) is -1.22. The molecule has 226 valence electrons. The van der Waals surface area contributed by atoms with Crippen LogP contribution in [0, 0.1) is 5.82 Å². The molecule has 0 unspecified atom stereocenters. The van der Waals surface area contributed by atoms with Gasteiger partial charge in [0.2, 0.25) is 16.0 Å². The van der Waals surface area contributed by atoms with Crippen molar-refractivity contribution >= 4 is 21.9 Å². The van der Waals surface area contributed by atoms with Gasteiger partial charge in [-0.05, 0) is 49.4 Å². The molecule has 12 heteroatoms. The Hall–Kier alpha value is -2.67. The highest BCUT2D eigenvalue weighted by atomic mass is 32.2. The Kier molecular flexibility index (Phi) is 14.1. The van der Waals surface area contributed by atoms with Gasteiger partial charge < -0.3 is 20.6 Å². The number of aliphatic hydroxyl groups excluding tert-OH is 2. The Labute approximate surface area is 237 Å². The first-order chi connectivity index (χ1) is 18.4. The van der Waals surface area contributed by atoms with Crippen LogP contribution in [0.4, 0.5) is 10.3 Å². The summed E-state index contributed by atoms with van der Waals surface area (Å²) in [4.78, 5) is 19.7. The van der Waals surface area contributed by atoms with Gasteiger partial charge in [-0.1, -0.05) is 41.5 Å². The highest BCUT2D eigenvalue weighted by Crippen LogP contribution is 2.32. The van der Waals surface area contributed by atoms with Crippen LogP contribution in [0.2, 0.25) is 0 Å². The van der Waals surface area contributed by atoms with Crippen LogP contribution < -0.4 is 9.62 Å². The predicted octanol–water partition coefficient (Wildman–Crippen LogP) is 3.71. The fraction of sp³-hybridized carbons (Fsp3) is 0.607. The molecule has 10 nitrogen and oxygen atoms in total. The highest BCUT2D eigenvalue weighted by Gasteiger charge is 2.24. The molecular formula is C28H45FN4O6S. The van der Waals surface area contributed by atoms with Gasteiger partial charge in [0.15, 0.2) is 0 Å². The van der Waals surface area contributed by atoms with E-state index in [-0.39, 0.29) is 31.1 Å². The highest BCUT2D eigenvalue weighted by molar-refractivity contribution is 7.92. The molecule has 2 aromatic rings. The molecule has 2 atom stereocenters. The van der Waals surface area contributed by atoms with Crippen molar-refractivity contribution in [3.63, 3.8) is 0 Å². The van der Waals surface area contributed by atoms with Crippen molar-refractivity contribution < 1.29 is 32.9 Å². The van der Waals surface area contributed by atoms with Crippen molar-refractivity contribution in [2.75, 3.05) is 17.6 Å². The maximum atomic E-state index is 13.5. The van der Waals surface area contributed by atoms with Gasteiger partial charge in [-0.15, -0.1) is 0 Å². The van der Waals surface area contributed by atoms with Gasteiger partial charge in [0.1, 0.15) is 5.82 Å². The predicted molar refractivity (Wildman–Crippen MR) is 155 cm³/mol. The lowest BCUT2D eigenvalue weighted by atomic mass is 9.93. The summed E-state index contributed by atoms with van der Waals surface area (Å²) in [5.74, 6) is -1.74. The smallest absolute Gasteiger partial charge is 0.305 e. The number of carbonyl (C=O) groups is 1. The Morgan fingerprint density at radius 2 is 1.55 bits per heavy atom. The zero-order valence-electron chi connectivity index (χ0n) is 24.7. The first-order valence-electron chi connectivity index (χ1n) is 13.4. The van der Waals surface area contributed by atoms with Crippen molar-refractivity contribution in [3.8, 4) is 11.3 Å². The van der Waals surface area contributed by atoms with Crippen LogP contribution in [0.1, 0.15) is 78.0 Å². The Bertz CT molecular complexity index is 1180. The molecule has 0 radical (unpaired) electrons. The third-order valence-electron chi connectivity index (χ3n) is 5.82. The number of anilines is 1. The fourth-order valence-corrected chi connectivity index (χ4v) is 4.42. The molecular weight excluding hydrogens is 539 g/mol. The van der Waals surface area contributed by atoms with Gasteiger partial charge in [-0.25, -0.2) is 27.1 Å².